The van der Waals surface area contributed by atoms with Gasteiger partial charge in [0.1, 0.15) is 5.76 Å². The van der Waals surface area contributed by atoms with Gasteiger partial charge in [-0.2, -0.15) is 0 Å². The minimum absolute atomic E-state index is 0.0937. The summed E-state index contributed by atoms with van der Waals surface area (Å²) in [5.41, 5.74) is 0.955. The first-order valence-corrected chi connectivity index (χ1v) is 6.34. The van der Waals surface area contributed by atoms with Gasteiger partial charge in [-0.15, -0.1) is 0 Å². The molecule has 1 aromatic carbocycles. The highest BCUT2D eigenvalue weighted by Gasteiger charge is 2.26. The molecule has 0 bridgehead atoms. The summed E-state index contributed by atoms with van der Waals surface area (Å²) in [6, 6.07) is 6.78. The predicted molar refractivity (Wildman–Crippen MR) is 71.2 cm³/mol. The number of hydrogen-bond donors (Lipinski definition) is 1. The average molecular weight is 274 g/mol. The Morgan fingerprint density at radius 1 is 1.10 bits per heavy atom. The van der Waals surface area contributed by atoms with E-state index in [1.807, 2.05) is 0 Å². The highest BCUT2D eigenvalue weighted by atomic mass is 16.5. The van der Waals surface area contributed by atoms with Gasteiger partial charge in [-0.05, 0) is 12.8 Å². The summed E-state index contributed by atoms with van der Waals surface area (Å²) in [5, 5.41) is 8.52. The molecule has 0 saturated carbocycles. The Hall–Kier alpha value is -2.43. The van der Waals surface area contributed by atoms with Crippen molar-refractivity contribution in [3.63, 3.8) is 0 Å². The summed E-state index contributed by atoms with van der Waals surface area (Å²) in [6.45, 7) is 0.314. The molecule has 20 heavy (non-hydrogen) atoms. The highest BCUT2D eigenvalue weighted by Crippen LogP contribution is 2.25. The number of allylic oxidation sites excluding steroid dienone is 1. The molecule has 0 aliphatic heterocycles. The zero-order valence-electron chi connectivity index (χ0n) is 10.8. The van der Waals surface area contributed by atoms with Crippen molar-refractivity contribution in [3.8, 4) is 0 Å². The Balaban J connectivity index is 2.01. The Morgan fingerprint density at radius 2 is 1.80 bits per heavy atom. The average Bonchev–Trinajstić information content (AvgIpc) is 2.43. The van der Waals surface area contributed by atoms with Crippen LogP contribution in [0.5, 0.6) is 0 Å². The van der Waals surface area contributed by atoms with E-state index in [4.69, 9.17) is 9.84 Å². The molecule has 1 aliphatic carbocycles. The Bertz CT molecular complexity index is 586. The number of aliphatic carboxylic acids is 1. The number of unbranched alkanes of at least 4 members (excludes halogenated alkanes) is 1. The van der Waals surface area contributed by atoms with Crippen molar-refractivity contribution in [2.24, 2.45) is 0 Å². The molecule has 2 rings (SSSR count). The predicted octanol–water partition coefficient (Wildman–Crippen LogP) is 2.06. The number of carboxylic acids is 1. The molecule has 0 aromatic heterocycles. The van der Waals surface area contributed by atoms with Crippen molar-refractivity contribution in [1.82, 2.24) is 0 Å². The van der Waals surface area contributed by atoms with Crippen LogP contribution in [-0.4, -0.2) is 29.2 Å². The van der Waals surface area contributed by atoms with Crippen LogP contribution in [0, 0.1) is 0 Å². The smallest absolute Gasteiger partial charge is 0.303 e. The van der Waals surface area contributed by atoms with Gasteiger partial charge in [-0.1, -0.05) is 24.3 Å². The first kappa shape index (κ1) is 14.0. The zero-order valence-corrected chi connectivity index (χ0v) is 10.8. The lowest BCUT2D eigenvalue weighted by Crippen LogP contribution is -2.19. The topological polar surface area (TPSA) is 80.7 Å². The van der Waals surface area contributed by atoms with E-state index < -0.39 is 17.5 Å². The van der Waals surface area contributed by atoms with Crippen LogP contribution >= 0.6 is 0 Å². The summed E-state index contributed by atoms with van der Waals surface area (Å²) >= 11 is 0. The number of rotatable bonds is 6. The summed E-state index contributed by atoms with van der Waals surface area (Å²) in [7, 11) is 0. The molecule has 0 spiro atoms. The SMILES string of the molecule is O=C(O)CCCCOC1=CC(=O)C(=O)c2ccccc21. The fraction of sp³-hybridized carbons (Fsp3) is 0.267. The minimum Gasteiger partial charge on any atom is -0.493 e. The maximum Gasteiger partial charge on any atom is 0.303 e. The van der Waals surface area contributed by atoms with Crippen molar-refractivity contribution >= 4 is 23.3 Å². The molecule has 0 heterocycles. The zero-order chi connectivity index (χ0) is 14.5. The Labute approximate surface area is 115 Å². The molecule has 1 aromatic rings. The van der Waals surface area contributed by atoms with Crippen molar-refractivity contribution in [2.45, 2.75) is 19.3 Å². The lowest BCUT2D eigenvalue weighted by Gasteiger charge is -2.16. The first-order chi connectivity index (χ1) is 9.59. The summed E-state index contributed by atoms with van der Waals surface area (Å²) < 4.78 is 5.51. The van der Waals surface area contributed by atoms with Crippen LogP contribution in [0.3, 0.4) is 0 Å². The molecule has 0 saturated heterocycles. The fourth-order valence-corrected chi connectivity index (χ4v) is 1.97. The van der Waals surface area contributed by atoms with E-state index in [-0.39, 0.29) is 6.42 Å². The number of carbonyl (C=O) groups excluding carboxylic acids is 2. The number of ether oxygens (including phenoxy) is 1. The van der Waals surface area contributed by atoms with Crippen LogP contribution in [0.15, 0.2) is 30.3 Å². The molecule has 0 atom stereocenters. The maximum atomic E-state index is 11.7. The van der Waals surface area contributed by atoms with Gasteiger partial charge in [0.2, 0.25) is 11.6 Å². The van der Waals surface area contributed by atoms with E-state index in [9.17, 15) is 14.4 Å². The molecule has 0 radical (unpaired) electrons. The molecule has 0 amide bonds. The van der Waals surface area contributed by atoms with Gasteiger partial charge in [-0.25, -0.2) is 0 Å². The summed E-state index contributed by atoms with van der Waals surface area (Å²) in [4.78, 5) is 33.6. The highest BCUT2D eigenvalue weighted by molar-refractivity contribution is 6.50. The van der Waals surface area contributed by atoms with Crippen LogP contribution < -0.4 is 0 Å². The number of ketones is 2. The monoisotopic (exact) mass is 274 g/mol. The third-order valence-electron chi connectivity index (χ3n) is 2.97. The van der Waals surface area contributed by atoms with Gasteiger partial charge in [0.05, 0.1) is 6.61 Å². The quantitative estimate of drug-likeness (QED) is 0.634. The third kappa shape index (κ3) is 3.12. The minimum atomic E-state index is -0.840. The molecular formula is C15H14O5. The van der Waals surface area contributed by atoms with Gasteiger partial charge < -0.3 is 9.84 Å². The van der Waals surface area contributed by atoms with Gasteiger partial charge in [0.15, 0.2) is 0 Å². The number of hydrogen-bond acceptors (Lipinski definition) is 4. The largest absolute Gasteiger partial charge is 0.493 e. The van der Waals surface area contributed by atoms with E-state index in [1.165, 1.54) is 6.08 Å². The van der Waals surface area contributed by atoms with Gasteiger partial charge >= 0.3 is 5.97 Å². The Morgan fingerprint density at radius 3 is 2.50 bits per heavy atom. The van der Waals surface area contributed by atoms with Crippen molar-refractivity contribution in [2.75, 3.05) is 6.61 Å². The second-order valence-corrected chi connectivity index (χ2v) is 4.45. The van der Waals surface area contributed by atoms with Crippen LogP contribution in [0.2, 0.25) is 0 Å². The van der Waals surface area contributed by atoms with Gasteiger partial charge in [-0.3, -0.25) is 14.4 Å². The van der Waals surface area contributed by atoms with E-state index >= 15 is 0 Å². The lowest BCUT2D eigenvalue weighted by atomic mass is 9.94. The molecule has 0 unspecified atom stereocenters. The molecule has 0 fully saturated rings. The van der Waals surface area contributed by atoms with E-state index in [1.54, 1.807) is 24.3 Å². The van der Waals surface area contributed by atoms with Crippen LogP contribution in [-0.2, 0) is 14.3 Å². The van der Waals surface area contributed by atoms with Crippen LogP contribution in [0.1, 0.15) is 35.2 Å². The first-order valence-electron chi connectivity index (χ1n) is 6.34. The van der Waals surface area contributed by atoms with Crippen molar-refractivity contribution in [1.29, 1.82) is 0 Å². The molecule has 1 N–H and O–H groups in total. The molecule has 5 nitrogen and oxygen atoms in total. The fourth-order valence-electron chi connectivity index (χ4n) is 1.97. The number of carboxylic acid groups (broad SMARTS) is 1. The molecule has 104 valence electrons. The van der Waals surface area contributed by atoms with E-state index in [2.05, 4.69) is 0 Å². The third-order valence-corrected chi connectivity index (χ3v) is 2.97. The van der Waals surface area contributed by atoms with Crippen LogP contribution in [0.25, 0.3) is 5.76 Å². The number of carbonyl (C=O) groups is 3. The summed E-state index contributed by atoms with van der Waals surface area (Å²) in [6.07, 6.45) is 2.38. The van der Waals surface area contributed by atoms with E-state index in [0.717, 1.165) is 0 Å². The molecule has 1 aliphatic rings. The number of benzene rings is 1. The number of fused-ring (bicyclic) bond motifs is 1. The molecular weight excluding hydrogens is 260 g/mol. The summed E-state index contributed by atoms with van der Waals surface area (Å²) in [5.74, 6) is -1.59. The second kappa shape index (κ2) is 6.14. The van der Waals surface area contributed by atoms with Crippen molar-refractivity contribution in [3.05, 3.63) is 41.5 Å². The Kier molecular flexibility index (Phi) is 4.30. The molecule has 5 heteroatoms. The van der Waals surface area contributed by atoms with Crippen LogP contribution in [0.4, 0.5) is 0 Å². The normalized spacial score (nSPS) is 13.7. The standard InChI is InChI=1S/C15H14O5/c16-12-9-13(20-8-4-3-7-14(17)18)10-5-1-2-6-11(10)15(12)19/h1-2,5-6,9H,3-4,7-8H2,(H,17,18). The van der Waals surface area contributed by atoms with E-state index in [0.29, 0.717) is 36.3 Å². The lowest BCUT2D eigenvalue weighted by molar-refractivity contribution is -0.137. The maximum absolute atomic E-state index is 11.7. The number of Topliss-reactive ketones (excluding diaryl/α,β-unsaturated/α-hetero) is 1. The second-order valence-electron chi connectivity index (χ2n) is 4.45. The van der Waals surface area contributed by atoms with Gasteiger partial charge in [0.25, 0.3) is 0 Å². The van der Waals surface area contributed by atoms with Crippen molar-refractivity contribution < 1.29 is 24.2 Å². The van der Waals surface area contributed by atoms with Gasteiger partial charge in [0, 0.05) is 23.6 Å².